The third kappa shape index (κ3) is 5.95. The van der Waals surface area contributed by atoms with Crippen LogP contribution in [0.25, 0.3) is 22.3 Å². The zero-order valence-electron chi connectivity index (χ0n) is 20.8. The van der Waals surface area contributed by atoms with Crippen molar-refractivity contribution in [3.63, 3.8) is 0 Å². The fraction of sp³-hybridized carbons (Fsp3) is 0.185. The zero-order valence-corrected chi connectivity index (χ0v) is 22.4. The van der Waals surface area contributed by atoms with Crippen LogP contribution in [-0.2, 0) is 15.7 Å². The molecular formula is C27H21BrF3N3O5. The van der Waals surface area contributed by atoms with Crippen LogP contribution in [0.3, 0.4) is 0 Å². The van der Waals surface area contributed by atoms with Crippen LogP contribution in [0.4, 0.5) is 13.2 Å². The molecule has 1 heterocycles. The fourth-order valence-electron chi connectivity index (χ4n) is 3.68. The molecule has 0 aliphatic rings. The van der Waals surface area contributed by atoms with Crippen molar-refractivity contribution < 1.29 is 32.2 Å². The molecule has 0 unspecified atom stereocenters. The van der Waals surface area contributed by atoms with Gasteiger partial charge < -0.3 is 14.2 Å². The van der Waals surface area contributed by atoms with E-state index in [0.29, 0.717) is 15.6 Å². The molecule has 0 aliphatic heterocycles. The first-order valence-electron chi connectivity index (χ1n) is 11.4. The molecule has 0 spiro atoms. The number of rotatable bonds is 7. The van der Waals surface area contributed by atoms with Crippen molar-refractivity contribution in [1.29, 1.82) is 0 Å². The topological polar surface area (TPSA) is 92.0 Å². The number of aromatic nitrogens is 2. The molecule has 0 aliphatic carbocycles. The van der Waals surface area contributed by atoms with E-state index in [2.05, 4.69) is 30.8 Å². The fourth-order valence-corrected chi connectivity index (χ4v) is 4.10. The molecule has 0 N–H and O–H groups in total. The number of fused-ring (bicyclic) bond motifs is 1. The molecule has 4 rings (SSSR count). The van der Waals surface area contributed by atoms with Gasteiger partial charge >= 0.3 is 12.1 Å². The maximum absolute atomic E-state index is 13.4. The Balaban J connectivity index is 1.83. The molecule has 202 valence electrons. The van der Waals surface area contributed by atoms with Crippen LogP contribution < -0.4 is 15.0 Å². The summed E-state index contributed by atoms with van der Waals surface area (Å²) in [5, 5.41) is 4.54. The van der Waals surface area contributed by atoms with Crippen LogP contribution in [0.5, 0.6) is 11.5 Å². The van der Waals surface area contributed by atoms with Crippen molar-refractivity contribution in [3.8, 4) is 22.9 Å². The van der Waals surface area contributed by atoms with Crippen LogP contribution in [0.15, 0.2) is 75.0 Å². The zero-order chi connectivity index (χ0) is 28.3. The van der Waals surface area contributed by atoms with Gasteiger partial charge in [0.15, 0.2) is 23.4 Å². The summed E-state index contributed by atoms with van der Waals surface area (Å²) >= 11 is 3.41. The average molecular weight is 604 g/mol. The summed E-state index contributed by atoms with van der Waals surface area (Å²) in [5.41, 5.74) is -0.645. The second kappa shape index (κ2) is 11.3. The summed E-state index contributed by atoms with van der Waals surface area (Å²) in [6, 6.07) is 14.1. The maximum atomic E-state index is 13.4. The molecule has 1 atom stereocenters. The van der Waals surface area contributed by atoms with Gasteiger partial charge in [0.25, 0.3) is 5.56 Å². The number of methoxy groups -OCH3 is 2. The van der Waals surface area contributed by atoms with Gasteiger partial charge in [0, 0.05) is 15.6 Å². The lowest BCUT2D eigenvalue weighted by atomic mass is 10.1. The lowest BCUT2D eigenvalue weighted by Crippen LogP contribution is -2.25. The van der Waals surface area contributed by atoms with E-state index < -0.39 is 29.4 Å². The minimum absolute atomic E-state index is 0.0574. The number of alkyl halides is 3. The minimum Gasteiger partial charge on any atom is -0.493 e. The first kappa shape index (κ1) is 27.8. The molecule has 3 aromatic carbocycles. The number of hydrogen-bond acceptors (Lipinski definition) is 7. The lowest BCUT2D eigenvalue weighted by Gasteiger charge is -2.16. The summed E-state index contributed by atoms with van der Waals surface area (Å²) in [6.07, 6.45) is -4.17. The van der Waals surface area contributed by atoms with Gasteiger partial charge in [-0.25, -0.2) is 9.78 Å². The lowest BCUT2D eigenvalue weighted by molar-refractivity contribution is -0.148. The molecule has 0 bridgehead atoms. The standard InChI is InChI=1S/C27H21BrF3N3O5/c1-15(26(36)38-3)39-23-13-20(28)17(12-22(23)37-2)14-32-34-24(16-7-6-8-18(11-16)27(29,30)31)33-21-10-5-4-9-19(21)25(34)35/h4-15H,1-3H3/t15-/m0/s1. The number of ether oxygens (including phenoxy) is 3. The van der Waals surface area contributed by atoms with E-state index in [0.717, 1.165) is 16.8 Å². The Kier molecular flexibility index (Phi) is 8.05. The second-order valence-corrected chi connectivity index (χ2v) is 9.05. The normalized spacial score (nSPS) is 12.5. The summed E-state index contributed by atoms with van der Waals surface area (Å²) < 4.78 is 57.3. The Hall–Kier alpha value is -4.19. The molecule has 4 aromatic rings. The van der Waals surface area contributed by atoms with Crippen LogP contribution in [0.2, 0.25) is 0 Å². The molecule has 0 radical (unpaired) electrons. The van der Waals surface area contributed by atoms with Crippen LogP contribution >= 0.6 is 15.9 Å². The quantitative estimate of drug-likeness (QED) is 0.199. The number of esters is 1. The SMILES string of the molecule is COC(=O)[C@H](C)Oc1cc(Br)c(C=Nn2c(-c3cccc(C(F)(F)F)c3)nc3ccccc3c2=O)cc1OC. The van der Waals surface area contributed by atoms with Gasteiger partial charge in [0.1, 0.15) is 0 Å². The highest BCUT2D eigenvalue weighted by molar-refractivity contribution is 9.10. The number of nitrogens with zero attached hydrogens (tertiary/aromatic N) is 3. The van der Waals surface area contributed by atoms with Gasteiger partial charge in [-0.15, -0.1) is 0 Å². The average Bonchev–Trinajstić information content (AvgIpc) is 2.92. The van der Waals surface area contributed by atoms with Crippen LogP contribution in [-0.4, -0.2) is 42.2 Å². The Bertz CT molecular complexity index is 1640. The Labute approximate surface area is 228 Å². The third-order valence-corrected chi connectivity index (χ3v) is 6.32. The van der Waals surface area contributed by atoms with Gasteiger partial charge in [-0.1, -0.05) is 24.3 Å². The number of para-hydroxylation sites is 1. The minimum atomic E-state index is -4.59. The van der Waals surface area contributed by atoms with E-state index in [9.17, 15) is 22.8 Å². The number of halogens is 4. The van der Waals surface area contributed by atoms with Gasteiger partial charge in [-0.3, -0.25) is 4.79 Å². The largest absolute Gasteiger partial charge is 0.493 e. The van der Waals surface area contributed by atoms with Crippen molar-refractivity contribution >= 4 is 39.0 Å². The number of hydrogen-bond donors (Lipinski definition) is 0. The Morgan fingerprint density at radius 1 is 1.08 bits per heavy atom. The summed E-state index contributed by atoms with van der Waals surface area (Å²) in [4.78, 5) is 29.6. The highest BCUT2D eigenvalue weighted by Crippen LogP contribution is 2.34. The third-order valence-electron chi connectivity index (χ3n) is 5.63. The summed E-state index contributed by atoms with van der Waals surface area (Å²) in [5.74, 6) is -0.147. The number of carbonyl (C=O) groups is 1. The van der Waals surface area contributed by atoms with Crippen molar-refractivity contribution in [3.05, 3.63) is 86.6 Å². The molecular weight excluding hydrogens is 583 g/mol. The monoisotopic (exact) mass is 603 g/mol. The second-order valence-electron chi connectivity index (χ2n) is 8.20. The summed E-state index contributed by atoms with van der Waals surface area (Å²) in [6.45, 7) is 1.52. The van der Waals surface area contributed by atoms with Gasteiger partial charge in [-0.2, -0.15) is 22.9 Å². The van der Waals surface area contributed by atoms with E-state index in [1.807, 2.05) is 0 Å². The van der Waals surface area contributed by atoms with E-state index in [1.165, 1.54) is 39.5 Å². The number of carbonyl (C=O) groups excluding carboxylic acids is 1. The smallest absolute Gasteiger partial charge is 0.416 e. The molecule has 1 aromatic heterocycles. The molecule has 0 amide bonds. The van der Waals surface area contributed by atoms with E-state index >= 15 is 0 Å². The van der Waals surface area contributed by atoms with Crippen molar-refractivity contribution in [2.45, 2.75) is 19.2 Å². The van der Waals surface area contributed by atoms with Crippen LogP contribution in [0, 0.1) is 0 Å². The predicted molar refractivity (Wildman–Crippen MR) is 142 cm³/mol. The van der Waals surface area contributed by atoms with Crippen molar-refractivity contribution in [2.24, 2.45) is 5.10 Å². The van der Waals surface area contributed by atoms with E-state index in [-0.39, 0.29) is 28.3 Å². The molecule has 0 fully saturated rings. The van der Waals surface area contributed by atoms with E-state index in [4.69, 9.17) is 9.47 Å². The Morgan fingerprint density at radius 3 is 2.51 bits per heavy atom. The highest BCUT2D eigenvalue weighted by atomic mass is 79.9. The van der Waals surface area contributed by atoms with Gasteiger partial charge in [-0.05, 0) is 59.3 Å². The molecule has 0 saturated heterocycles. The molecule has 39 heavy (non-hydrogen) atoms. The van der Waals surface area contributed by atoms with Gasteiger partial charge in [0.2, 0.25) is 0 Å². The molecule has 12 heteroatoms. The first-order chi connectivity index (χ1) is 18.5. The molecule has 8 nitrogen and oxygen atoms in total. The van der Waals surface area contributed by atoms with Crippen LogP contribution in [0.1, 0.15) is 18.1 Å². The van der Waals surface area contributed by atoms with Crippen molar-refractivity contribution in [1.82, 2.24) is 9.66 Å². The van der Waals surface area contributed by atoms with Gasteiger partial charge in [0.05, 0.1) is 36.9 Å². The summed E-state index contributed by atoms with van der Waals surface area (Å²) in [7, 11) is 2.65. The highest BCUT2D eigenvalue weighted by Gasteiger charge is 2.31. The number of benzene rings is 3. The van der Waals surface area contributed by atoms with Crippen molar-refractivity contribution in [2.75, 3.05) is 14.2 Å². The maximum Gasteiger partial charge on any atom is 0.416 e. The molecule has 0 saturated carbocycles. The van der Waals surface area contributed by atoms with E-state index in [1.54, 1.807) is 36.4 Å². The first-order valence-corrected chi connectivity index (χ1v) is 12.2. The Morgan fingerprint density at radius 2 is 1.82 bits per heavy atom. The predicted octanol–water partition coefficient (Wildman–Crippen LogP) is 5.68.